The van der Waals surface area contributed by atoms with E-state index in [1.54, 1.807) is 25.5 Å². The Balaban J connectivity index is 1.50. The van der Waals surface area contributed by atoms with E-state index in [9.17, 15) is 0 Å². The lowest BCUT2D eigenvalue weighted by atomic mass is 10.2. The van der Waals surface area contributed by atoms with Crippen molar-refractivity contribution in [1.29, 1.82) is 0 Å². The molecule has 1 atom stereocenters. The van der Waals surface area contributed by atoms with Gasteiger partial charge in [0.2, 0.25) is 11.7 Å². The van der Waals surface area contributed by atoms with Gasteiger partial charge < -0.3 is 13.7 Å². The highest BCUT2D eigenvalue weighted by Crippen LogP contribution is 2.37. The van der Waals surface area contributed by atoms with Gasteiger partial charge in [0.1, 0.15) is 5.75 Å². The van der Waals surface area contributed by atoms with Gasteiger partial charge in [-0.1, -0.05) is 47.3 Å². The quantitative estimate of drug-likeness (QED) is 0.306. The molecule has 8 nitrogen and oxygen atoms in total. The predicted molar refractivity (Wildman–Crippen MR) is 120 cm³/mol. The van der Waals surface area contributed by atoms with Crippen LogP contribution in [0.5, 0.6) is 5.75 Å². The number of methoxy groups -OCH3 is 1. The second-order valence-electron chi connectivity index (χ2n) is 6.90. The molecule has 0 aliphatic rings. The first-order chi connectivity index (χ1) is 15.7. The summed E-state index contributed by atoms with van der Waals surface area (Å²) in [6.07, 6.45) is 1.58. The number of aromatic nitrogens is 5. The highest BCUT2D eigenvalue weighted by molar-refractivity contribution is 7.99. The number of nitrogens with zero attached hydrogens (tertiary/aromatic N) is 5. The van der Waals surface area contributed by atoms with Crippen LogP contribution in [0.15, 0.2) is 87.1 Å². The van der Waals surface area contributed by atoms with Crippen molar-refractivity contribution in [2.75, 3.05) is 7.11 Å². The lowest BCUT2D eigenvalue weighted by molar-refractivity contribution is 0.379. The summed E-state index contributed by atoms with van der Waals surface area (Å²) in [5.74, 6) is 2.92. The molecule has 5 aromatic rings. The summed E-state index contributed by atoms with van der Waals surface area (Å²) >= 11 is 1.49. The largest absolute Gasteiger partial charge is 0.497 e. The molecule has 0 aliphatic heterocycles. The molecule has 0 aliphatic carbocycles. The van der Waals surface area contributed by atoms with Crippen molar-refractivity contribution in [2.24, 2.45) is 0 Å². The summed E-state index contributed by atoms with van der Waals surface area (Å²) in [6.45, 7) is 1.99. The van der Waals surface area contributed by atoms with Crippen LogP contribution in [0.25, 0.3) is 28.7 Å². The highest BCUT2D eigenvalue weighted by Gasteiger charge is 2.23. The summed E-state index contributed by atoms with van der Waals surface area (Å²) in [5.41, 5.74) is 1.85. The van der Waals surface area contributed by atoms with Crippen LogP contribution < -0.4 is 4.74 Å². The van der Waals surface area contributed by atoms with Crippen LogP contribution in [0.4, 0.5) is 0 Å². The van der Waals surface area contributed by atoms with E-state index < -0.39 is 0 Å². The second kappa shape index (κ2) is 8.72. The van der Waals surface area contributed by atoms with Gasteiger partial charge >= 0.3 is 0 Å². The van der Waals surface area contributed by atoms with Crippen molar-refractivity contribution in [3.8, 4) is 34.4 Å². The van der Waals surface area contributed by atoms with E-state index in [1.165, 1.54) is 11.8 Å². The molecule has 0 radical (unpaired) electrons. The number of hydrogen-bond donors (Lipinski definition) is 0. The van der Waals surface area contributed by atoms with E-state index in [2.05, 4.69) is 20.3 Å². The fourth-order valence-corrected chi connectivity index (χ4v) is 4.12. The van der Waals surface area contributed by atoms with Crippen LogP contribution in [-0.4, -0.2) is 32.0 Å². The smallest absolute Gasteiger partial charge is 0.240 e. The Labute approximate surface area is 188 Å². The van der Waals surface area contributed by atoms with Crippen LogP contribution >= 0.6 is 11.8 Å². The average molecular weight is 446 g/mol. The molecule has 0 spiro atoms. The summed E-state index contributed by atoms with van der Waals surface area (Å²) in [6, 6.07) is 21.3. The van der Waals surface area contributed by atoms with Crippen molar-refractivity contribution in [2.45, 2.75) is 17.3 Å². The molecule has 0 bridgehead atoms. The third kappa shape index (κ3) is 3.90. The van der Waals surface area contributed by atoms with Gasteiger partial charge in [0, 0.05) is 11.3 Å². The number of thioether (sulfide) groups is 1. The average Bonchev–Trinajstić information content (AvgIpc) is 3.60. The van der Waals surface area contributed by atoms with Crippen LogP contribution in [0.2, 0.25) is 0 Å². The fraction of sp³-hybridized carbons (Fsp3) is 0.130. The molecule has 5 rings (SSSR count). The minimum absolute atomic E-state index is 0.156. The molecule has 0 saturated heterocycles. The Kier molecular flexibility index (Phi) is 5.47. The van der Waals surface area contributed by atoms with Crippen molar-refractivity contribution in [3.63, 3.8) is 0 Å². The normalized spacial score (nSPS) is 12.1. The molecule has 160 valence electrons. The Hall–Kier alpha value is -3.85. The predicted octanol–water partition coefficient (Wildman–Crippen LogP) is 5.44. The lowest BCUT2D eigenvalue weighted by Crippen LogP contribution is -2.01. The van der Waals surface area contributed by atoms with Gasteiger partial charge in [-0.25, -0.2) is 0 Å². The molecular formula is C23H19N5O3S. The number of para-hydroxylation sites is 1. The number of benzene rings is 2. The van der Waals surface area contributed by atoms with Crippen molar-refractivity contribution < 1.29 is 13.7 Å². The minimum atomic E-state index is -0.156. The van der Waals surface area contributed by atoms with Crippen molar-refractivity contribution >= 4 is 11.8 Å². The standard InChI is InChI=1S/C23H19N5O3S/c1-15(22-24-20(27-31-22)19-12-7-13-30-19)32-23-26-25-21(16-8-6-11-18(14-16)29-2)28(23)17-9-4-3-5-10-17/h3-15H,1-2H3/t15-/m1/s1. The number of ether oxygens (including phenoxy) is 1. The second-order valence-corrected chi connectivity index (χ2v) is 8.21. The number of rotatable bonds is 7. The van der Waals surface area contributed by atoms with Gasteiger partial charge in [0.25, 0.3) is 0 Å². The van der Waals surface area contributed by atoms with Gasteiger partial charge in [0.05, 0.1) is 18.6 Å². The van der Waals surface area contributed by atoms with Crippen LogP contribution in [0.1, 0.15) is 18.1 Å². The van der Waals surface area contributed by atoms with E-state index in [4.69, 9.17) is 13.7 Å². The minimum Gasteiger partial charge on any atom is -0.497 e. The Morgan fingerprint density at radius 1 is 1.00 bits per heavy atom. The molecule has 9 heteroatoms. The third-order valence-electron chi connectivity index (χ3n) is 4.79. The topological polar surface area (TPSA) is 92.0 Å². The maximum atomic E-state index is 5.47. The third-order valence-corrected chi connectivity index (χ3v) is 5.82. The van der Waals surface area contributed by atoms with Gasteiger partial charge in [-0.2, -0.15) is 4.98 Å². The fourth-order valence-electron chi connectivity index (χ4n) is 3.22. The van der Waals surface area contributed by atoms with Gasteiger partial charge in [-0.15, -0.1) is 10.2 Å². The van der Waals surface area contributed by atoms with E-state index in [0.29, 0.717) is 28.5 Å². The number of furan rings is 1. The zero-order chi connectivity index (χ0) is 21.9. The van der Waals surface area contributed by atoms with Crippen molar-refractivity contribution in [3.05, 3.63) is 78.9 Å². The van der Waals surface area contributed by atoms with Crippen LogP contribution in [-0.2, 0) is 0 Å². The maximum absolute atomic E-state index is 5.47. The molecule has 3 aromatic heterocycles. The van der Waals surface area contributed by atoms with Crippen LogP contribution in [0, 0.1) is 0 Å². The molecule has 32 heavy (non-hydrogen) atoms. The molecule has 0 saturated carbocycles. The highest BCUT2D eigenvalue weighted by atomic mass is 32.2. The van der Waals surface area contributed by atoms with Gasteiger partial charge in [-0.05, 0) is 43.3 Å². The molecule has 0 amide bonds. The summed E-state index contributed by atoms with van der Waals surface area (Å²) < 4.78 is 18.2. The monoisotopic (exact) mass is 445 g/mol. The molecular weight excluding hydrogens is 426 g/mol. The Bertz CT molecular complexity index is 1310. The summed E-state index contributed by atoms with van der Waals surface area (Å²) in [5, 5.41) is 13.5. The lowest BCUT2D eigenvalue weighted by Gasteiger charge is -2.12. The first-order valence-corrected chi connectivity index (χ1v) is 10.8. The zero-order valence-electron chi connectivity index (χ0n) is 17.4. The van der Waals surface area contributed by atoms with E-state index in [0.717, 1.165) is 17.0 Å². The maximum Gasteiger partial charge on any atom is 0.240 e. The first kappa shape index (κ1) is 20.1. The van der Waals surface area contributed by atoms with E-state index in [1.807, 2.05) is 66.1 Å². The van der Waals surface area contributed by atoms with E-state index >= 15 is 0 Å². The molecule has 0 N–H and O–H groups in total. The zero-order valence-corrected chi connectivity index (χ0v) is 18.2. The van der Waals surface area contributed by atoms with Crippen LogP contribution in [0.3, 0.4) is 0 Å². The summed E-state index contributed by atoms with van der Waals surface area (Å²) in [4.78, 5) is 4.47. The Morgan fingerprint density at radius 2 is 1.88 bits per heavy atom. The number of hydrogen-bond acceptors (Lipinski definition) is 8. The van der Waals surface area contributed by atoms with Gasteiger partial charge in [-0.3, -0.25) is 4.57 Å². The van der Waals surface area contributed by atoms with E-state index in [-0.39, 0.29) is 5.25 Å². The van der Waals surface area contributed by atoms with Gasteiger partial charge in [0.15, 0.2) is 16.7 Å². The Morgan fingerprint density at radius 3 is 2.66 bits per heavy atom. The SMILES string of the molecule is COc1cccc(-c2nnc(S[C@H](C)c3nc(-c4ccco4)no3)n2-c2ccccc2)c1. The van der Waals surface area contributed by atoms with Crippen molar-refractivity contribution in [1.82, 2.24) is 24.9 Å². The molecule has 0 unspecified atom stereocenters. The molecule has 0 fully saturated rings. The molecule has 2 aromatic carbocycles. The molecule has 3 heterocycles. The summed E-state index contributed by atoms with van der Waals surface area (Å²) in [7, 11) is 1.64. The first-order valence-electron chi connectivity index (χ1n) is 9.92.